The Morgan fingerprint density at radius 2 is 1.46 bits per heavy atom. The van der Waals surface area contributed by atoms with Gasteiger partial charge in [-0.05, 0) is 80.8 Å². The Bertz CT molecular complexity index is 1390. The molecule has 0 radical (unpaired) electrons. The summed E-state index contributed by atoms with van der Waals surface area (Å²) in [5.41, 5.74) is 1.80. The van der Waals surface area contributed by atoms with Crippen molar-refractivity contribution >= 4 is 50.7 Å². The van der Waals surface area contributed by atoms with Crippen molar-refractivity contribution in [3.05, 3.63) is 94.0 Å². The molecule has 3 aromatic rings. The molecule has 2 amide bonds. The van der Waals surface area contributed by atoms with Crippen LogP contribution < -0.4 is 9.62 Å². The third-order valence-electron chi connectivity index (χ3n) is 6.15. The summed E-state index contributed by atoms with van der Waals surface area (Å²) in [6.07, 6.45) is 0.339. The first kappa shape index (κ1) is 30.5. The number of anilines is 1. The van der Waals surface area contributed by atoms with E-state index < -0.39 is 28.5 Å². The topological polar surface area (TPSA) is 86.8 Å². The molecule has 3 rings (SSSR count). The standard InChI is InChI=1S/C29H33Cl2N3O4S/c1-5-26(29(36)32-20(2)3)33(18-22-10-12-23(30)13-11-22)28(35)19-34(27-9-7-6-8-21(27)4)39(37,38)25-16-14-24(31)15-17-25/h6-17,20,26H,5,18-19H2,1-4H3,(H,32,36)/t26-/m1/s1. The van der Waals surface area contributed by atoms with Gasteiger partial charge >= 0.3 is 0 Å². The zero-order valence-corrected chi connectivity index (χ0v) is 24.7. The zero-order valence-electron chi connectivity index (χ0n) is 22.4. The monoisotopic (exact) mass is 589 g/mol. The van der Waals surface area contributed by atoms with Gasteiger partial charge in [0.2, 0.25) is 11.8 Å². The zero-order chi connectivity index (χ0) is 28.7. The number of nitrogens with zero attached hydrogens (tertiary/aromatic N) is 2. The van der Waals surface area contributed by atoms with Gasteiger partial charge < -0.3 is 10.2 Å². The van der Waals surface area contributed by atoms with Crippen molar-refractivity contribution in [2.75, 3.05) is 10.8 Å². The molecule has 0 spiro atoms. The van der Waals surface area contributed by atoms with Gasteiger partial charge in [-0.2, -0.15) is 0 Å². The fourth-order valence-electron chi connectivity index (χ4n) is 4.18. The molecule has 0 aliphatic heterocycles. The van der Waals surface area contributed by atoms with E-state index in [0.29, 0.717) is 27.7 Å². The normalized spacial score (nSPS) is 12.2. The molecule has 0 aliphatic rings. The van der Waals surface area contributed by atoms with Crippen molar-refractivity contribution in [2.24, 2.45) is 0 Å². The number of hydrogen-bond acceptors (Lipinski definition) is 4. The van der Waals surface area contributed by atoms with Gasteiger partial charge in [0.15, 0.2) is 0 Å². The van der Waals surface area contributed by atoms with Gasteiger partial charge in [-0.1, -0.05) is 60.5 Å². The highest BCUT2D eigenvalue weighted by Crippen LogP contribution is 2.28. The second-order valence-electron chi connectivity index (χ2n) is 9.49. The van der Waals surface area contributed by atoms with E-state index in [1.54, 1.807) is 55.5 Å². The highest BCUT2D eigenvalue weighted by atomic mass is 35.5. The summed E-state index contributed by atoms with van der Waals surface area (Å²) < 4.78 is 28.9. The second kappa shape index (κ2) is 13.3. The van der Waals surface area contributed by atoms with Crippen molar-refractivity contribution < 1.29 is 18.0 Å². The lowest BCUT2D eigenvalue weighted by molar-refractivity contribution is -0.140. The summed E-state index contributed by atoms with van der Waals surface area (Å²) in [4.78, 5) is 28.6. The highest BCUT2D eigenvalue weighted by Gasteiger charge is 2.34. The Labute approximate surface area is 240 Å². The molecule has 0 bridgehead atoms. The van der Waals surface area contributed by atoms with E-state index in [1.165, 1.54) is 29.2 Å². The van der Waals surface area contributed by atoms with Crippen LogP contribution in [0.25, 0.3) is 0 Å². The van der Waals surface area contributed by atoms with Crippen LogP contribution >= 0.6 is 23.2 Å². The summed E-state index contributed by atoms with van der Waals surface area (Å²) in [5, 5.41) is 3.82. The summed E-state index contributed by atoms with van der Waals surface area (Å²) >= 11 is 12.0. The number of hydrogen-bond donors (Lipinski definition) is 1. The fourth-order valence-corrected chi connectivity index (χ4v) is 5.91. The molecule has 0 fully saturated rings. The van der Waals surface area contributed by atoms with Crippen LogP contribution in [0.15, 0.2) is 77.7 Å². The van der Waals surface area contributed by atoms with Crippen LogP contribution in [-0.2, 0) is 26.2 Å². The third kappa shape index (κ3) is 7.75. The first-order chi connectivity index (χ1) is 18.4. The van der Waals surface area contributed by atoms with Gasteiger partial charge in [-0.15, -0.1) is 0 Å². The molecular formula is C29H33Cl2N3O4S. The summed E-state index contributed by atoms with van der Waals surface area (Å²) in [6.45, 7) is 6.87. The van der Waals surface area contributed by atoms with Crippen molar-refractivity contribution in [3.63, 3.8) is 0 Å². The molecule has 208 valence electrons. The summed E-state index contributed by atoms with van der Waals surface area (Å²) in [7, 11) is -4.16. The lowest BCUT2D eigenvalue weighted by Gasteiger charge is -2.34. The van der Waals surface area contributed by atoms with E-state index in [9.17, 15) is 18.0 Å². The van der Waals surface area contributed by atoms with Crippen molar-refractivity contribution in [1.29, 1.82) is 0 Å². The molecule has 7 nitrogen and oxygen atoms in total. The second-order valence-corrected chi connectivity index (χ2v) is 12.2. The van der Waals surface area contributed by atoms with Gasteiger partial charge in [0.1, 0.15) is 12.6 Å². The van der Waals surface area contributed by atoms with Gasteiger partial charge in [0.05, 0.1) is 10.6 Å². The molecular weight excluding hydrogens is 557 g/mol. The number of halogens is 2. The highest BCUT2D eigenvalue weighted by molar-refractivity contribution is 7.92. The minimum absolute atomic E-state index is 0.00297. The van der Waals surface area contributed by atoms with E-state index >= 15 is 0 Å². The first-order valence-electron chi connectivity index (χ1n) is 12.6. The fraction of sp³-hybridized carbons (Fsp3) is 0.310. The molecule has 0 heterocycles. The maximum absolute atomic E-state index is 14.0. The largest absolute Gasteiger partial charge is 0.352 e. The smallest absolute Gasteiger partial charge is 0.264 e. The van der Waals surface area contributed by atoms with Gasteiger partial charge in [-0.25, -0.2) is 8.42 Å². The van der Waals surface area contributed by atoms with E-state index in [4.69, 9.17) is 23.2 Å². The van der Waals surface area contributed by atoms with Gasteiger partial charge in [-0.3, -0.25) is 13.9 Å². The Balaban J connectivity index is 2.07. The van der Waals surface area contributed by atoms with Crippen molar-refractivity contribution in [2.45, 2.75) is 57.6 Å². The molecule has 0 aromatic heterocycles. The van der Waals surface area contributed by atoms with Gasteiger partial charge in [0.25, 0.3) is 10.0 Å². The number of carbonyl (C=O) groups excluding carboxylic acids is 2. The average molecular weight is 591 g/mol. The number of benzene rings is 3. The number of rotatable bonds is 11. The van der Waals surface area contributed by atoms with E-state index in [-0.39, 0.29) is 23.4 Å². The molecule has 39 heavy (non-hydrogen) atoms. The number of sulfonamides is 1. The van der Waals surface area contributed by atoms with E-state index in [1.807, 2.05) is 20.8 Å². The molecule has 1 atom stereocenters. The molecule has 0 unspecified atom stereocenters. The molecule has 10 heteroatoms. The lowest BCUT2D eigenvalue weighted by Crippen LogP contribution is -2.53. The SMILES string of the molecule is CC[C@H](C(=O)NC(C)C)N(Cc1ccc(Cl)cc1)C(=O)CN(c1ccccc1C)S(=O)(=O)c1ccc(Cl)cc1. The van der Waals surface area contributed by atoms with Crippen LogP contribution in [-0.4, -0.2) is 43.8 Å². The van der Waals surface area contributed by atoms with Crippen molar-refractivity contribution in [1.82, 2.24) is 10.2 Å². The van der Waals surface area contributed by atoms with Crippen LogP contribution in [0.1, 0.15) is 38.3 Å². The quantitative estimate of drug-likeness (QED) is 0.305. The number of aryl methyl sites for hydroxylation is 1. The summed E-state index contributed by atoms with van der Waals surface area (Å²) in [5.74, 6) is -0.825. The Kier molecular flexibility index (Phi) is 10.4. The van der Waals surface area contributed by atoms with Crippen LogP contribution in [0.3, 0.4) is 0 Å². The Morgan fingerprint density at radius 3 is 2.00 bits per heavy atom. The Hall–Kier alpha value is -3.07. The van der Waals surface area contributed by atoms with Crippen LogP contribution in [0.4, 0.5) is 5.69 Å². The molecule has 0 saturated heterocycles. The predicted molar refractivity (Wildman–Crippen MR) is 157 cm³/mol. The number of nitrogens with one attached hydrogen (secondary N) is 1. The number of carbonyl (C=O) groups is 2. The molecule has 0 saturated carbocycles. The van der Waals surface area contributed by atoms with E-state index in [2.05, 4.69) is 5.32 Å². The summed E-state index contributed by atoms with van der Waals surface area (Å²) in [6, 6.07) is 18.8. The van der Waals surface area contributed by atoms with E-state index in [0.717, 1.165) is 9.87 Å². The minimum atomic E-state index is -4.16. The van der Waals surface area contributed by atoms with Crippen LogP contribution in [0, 0.1) is 6.92 Å². The minimum Gasteiger partial charge on any atom is -0.352 e. The number of amides is 2. The van der Waals surface area contributed by atoms with Gasteiger partial charge in [0, 0.05) is 22.6 Å². The number of para-hydroxylation sites is 1. The molecule has 0 aliphatic carbocycles. The molecule has 1 N–H and O–H groups in total. The third-order valence-corrected chi connectivity index (χ3v) is 8.43. The predicted octanol–water partition coefficient (Wildman–Crippen LogP) is 5.83. The van der Waals surface area contributed by atoms with Crippen molar-refractivity contribution in [3.8, 4) is 0 Å². The first-order valence-corrected chi connectivity index (χ1v) is 14.8. The molecule has 3 aromatic carbocycles. The van der Waals surface area contributed by atoms with Crippen LogP contribution in [0.5, 0.6) is 0 Å². The lowest BCUT2D eigenvalue weighted by atomic mass is 10.1. The average Bonchev–Trinajstić information content (AvgIpc) is 2.88. The maximum Gasteiger partial charge on any atom is 0.264 e. The van der Waals surface area contributed by atoms with Crippen LogP contribution in [0.2, 0.25) is 10.0 Å². The maximum atomic E-state index is 14.0. The Morgan fingerprint density at radius 1 is 0.897 bits per heavy atom.